The van der Waals surface area contributed by atoms with Crippen LogP contribution in [0.2, 0.25) is 10.0 Å². The smallest absolute Gasteiger partial charge is 0.129 e. The van der Waals surface area contributed by atoms with E-state index in [0.717, 1.165) is 5.56 Å². The second kappa shape index (κ2) is 5.27. The minimum Gasteiger partial charge on any atom is -0.384 e. The van der Waals surface area contributed by atoms with Crippen molar-refractivity contribution in [2.75, 3.05) is 0 Å². The van der Waals surface area contributed by atoms with Crippen LogP contribution in [0, 0.1) is 12.7 Å². The second-order valence-corrected chi connectivity index (χ2v) is 5.00. The van der Waals surface area contributed by atoms with Crippen molar-refractivity contribution in [1.82, 2.24) is 0 Å². The lowest BCUT2D eigenvalue weighted by molar-refractivity contribution is 0.215. The largest absolute Gasteiger partial charge is 0.384 e. The van der Waals surface area contributed by atoms with Crippen LogP contribution in [-0.2, 0) is 0 Å². The molecule has 0 heterocycles. The number of rotatable bonds is 2. The van der Waals surface area contributed by atoms with Crippen LogP contribution in [0.1, 0.15) is 22.8 Å². The van der Waals surface area contributed by atoms with Crippen molar-refractivity contribution in [2.24, 2.45) is 0 Å². The molecule has 0 aliphatic heterocycles. The third kappa shape index (κ3) is 2.83. The first kappa shape index (κ1) is 13.3. The summed E-state index contributed by atoms with van der Waals surface area (Å²) in [7, 11) is 0. The van der Waals surface area contributed by atoms with Crippen molar-refractivity contribution < 1.29 is 9.50 Å². The Bertz CT molecular complexity index is 564. The van der Waals surface area contributed by atoms with Crippen molar-refractivity contribution in [3.05, 3.63) is 69.0 Å². The molecule has 0 bridgehead atoms. The molecule has 0 spiro atoms. The summed E-state index contributed by atoms with van der Waals surface area (Å²) < 4.78 is 13.7. The summed E-state index contributed by atoms with van der Waals surface area (Å²) in [6, 6.07) is 9.29. The Morgan fingerprint density at radius 2 is 1.67 bits per heavy atom. The van der Waals surface area contributed by atoms with E-state index in [1.807, 2.05) is 6.92 Å². The minimum absolute atomic E-state index is 0.216. The monoisotopic (exact) mass is 284 g/mol. The van der Waals surface area contributed by atoms with E-state index in [9.17, 15) is 9.50 Å². The summed E-state index contributed by atoms with van der Waals surface area (Å²) >= 11 is 11.7. The SMILES string of the molecule is Cc1ccc(F)c(C(O)c2cc(Cl)cc(Cl)c2)c1. The molecule has 1 unspecified atom stereocenters. The molecule has 1 N–H and O–H groups in total. The van der Waals surface area contributed by atoms with Gasteiger partial charge in [-0.1, -0.05) is 40.9 Å². The van der Waals surface area contributed by atoms with Crippen LogP contribution in [0.5, 0.6) is 0 Å². The van der Waals surface area contributed by atoms with Gasteiger partial charge >= 0.3 is 0 Å². The highest BCUT2D eigenvalue weighted by atomic mass is 35.5. The predicted molar refractivity (Wildman–Crippen MR) is 71.7 cm³/mol. The third-order valence-electron chi connectivity index (χ3n) is 2.65. The van der Waals surface area contributed by atoms with Crippen LogP contribution in [0.4, 0.5) is 4.39 Å². The molecule has 1 nitrogen and oxygen atoms in total. The fourth-order valence-corrected chi connectivity index (χ4v) is 2.33. The highest BCUT2D eigenvalue weighted by Gasteiger charge is 2.16. The fraction of sp³-hybridized carbons (Fsp3) is 0.143. The van der Waals surface area contributed by atoms with Crippen molar-refractivity contribution >= 4 is 23.2 Å². The molecule has 0 fully saturated rings. The molecule has 2 aromatic carbocycles. The molecule has 94 valence electrons. The maximum absolute atomic E-state index is 13.7. The Kier molecular flexibility index (Phi) is 3.91. The van der Waals surface area contributed by atoms with E-state index in [1.54, 1.807) is 30.3 Å². The molecule has 0 radical (unpaired) electrons. The maximum atomic E-state index is 13.7. The zero-order valence-electron chi connectivity index (χ0n) is 9.62. The van der Waals surface area contributed by atoms with Gasteiger partial charge in [-0.15, -0.1) is 0 Å². The van der Waals surface area contributed by atoms with Gasteiger partial charge in [-0.2, -0.15) is 0 Å². The first-order chi connectivity index (χ1) is 8.47. The highest BCUT2D eigenvalue weighted by molar-refractivity contribution is 6.34. The molecule has 2 rings (SSSR count). The summed E-state index contributed by atoms with van der Waals surface area (Å²) in [4.78, 5) is 0. The number of aliphatic hydroxyl groups excluding tert-OH is 1. The Hall–Kier alpha value is -1.09. The van der Waals surface area contributed by atoms with Gasteiger partial charge < -0.3 is 5.11 Å². The van der Waals surface area contributed by atoms with Gasteiger partial charge in [0.1, 0.15) is 11.9 Å². The van der Waals surface area contributed by atoms with Gasteiger partial charge in [-0.05, 0) is 36.8 Å². The fourth-order valence-electron chi connectivity index (χ4n) is 1.79. The van der Waals surface area contributed by atoms with Crippen LogP contribution in [0.25, 0.3) is 0 Å². The first-order valence-corrected chi connectivity index (χ1v) is 6.13. The molecular weight excluding hydrogens is 274 g/mol. The summed E-state index contributed by atoms with van der Waals surface area (Å²) in [6.45, 7) is 1.83. The normalized spacial score (nSPS) is 12.5. The van der Waals surface area contributed by atoms with Gasteiger partial charge in [0, 0.05) is 15.6 Å². The summed E-state index contributed by atoms with van der Waals surface area (Å²) in [5.41, 5.74) is 1.56. The lowest BCUT2D eigenvalue weighted by Gasteiger charge is -2.14. The average Bonchev–Trinajstić information content (AvgIpc) is 2.30. The lowest BCUT2D eigenvalue weighted by Crippen LogP contribution is -2.03. The predicted octanol–water partition coefficient (Wildman–Crippen LogP) is 4.52. The van der Waals surface area contributed by atoms with Crippen LogP contribution in [0.3, 0.4) is 0 Å². The van der Waals surface area contributed by atoms with Crippen LogP contribution >= 0.6 is 23.2 Å². The quantitative estimate of drug-likeness (QED) is 0.860. The van der Waals surface area contributed by atoms with Gasteiger partial charge in [-0.3, -0.25) is 0 Å². The summed E-state index contributed by atoms with van der Waals surface area (Å²) in [5.74, 6) is -0.454. The molecule has 4 heteroatoms. The van der Waals surface area contributed by atoms with Gasteiger partial charge in [-0.25, -0.2) is 4.39 Å². The number of benzene rings is 2. The average molecular weight is 285 g/mol. The molecule has 0 aliphatic rings. The minimum atomic E-state index is -1.08. The Morgan fingerprint density at radius 1 is 1.06 bits per heavy atom. The van der Waals surface area contributed by atoms with Crippen molar-refractivity contribution in [2.45, 2.75) is 13.0 Å². The highest BCUT2D eigenvalue weighted by Crippen LogP contribution is 2.29. The molecule has 0 saturated carbocycles. The zero-order chi connectivity index (χ0) is 13.3. The number of hydrogen-bond acceptors (Lipinski definition) is 1. The number of halogens is 3. The number of aryl methyl sites for hydroxylation is 1. The van der Waals surface area contributed by atoms with Gasteiger partial charge in [0.15, 0.2) is 0 Å². The van der Waals surface area contributed by atoms with Crippen LogP contribution < -0.4 is 0 Å². The third-order valence-corrected chi connectivity index (χ3v) is 3.08. The molecule has 0 aromatic heterocycles. The van der Waals surface area contributed by atoms with Crippen LogP contribution in [-0.4, -0.2) is 5.11 Å². The second-order valence-electron chi connectivity index (χ2n) is 4.13. The lowest BCUT2D eigenvalue weighted by atomic mass is 9.99. The Morgan fingerprint density at radius 3 is 2.28 bits per heavy atom. The van der Waals surface area contributed by atoms with Gasteiger partial charge in [0.2, 0.25) is 0 Å². The van der Waals surface area contributed by atoms with E-state index in [1.165, 1.54) is 6.07 Å². The van der Waals surface area contributed by atoms with E-state index in [-0.39, 0.29) is 5.56 Å². The van der Waals surface area contributed by atoms with Gasteiger partial charge in [0.05, 0.1) is 0 Å². The van der Waals surface area contributed by atoms with Crippen LogP contribution in [0.15, 0.2) is 36.4 Å². The van der Waals surface area contributed by atoms with Gasteiger partial charge in [0.25, 0.3) is 0 Å². The Labute approximate surface area is 115 Å². The molecule has 0 amide bonds. The Balaban J connectivity index is 2.47. The standard InChI is InChI=1S/C14H11Cl2FO/c1-8-2-3-13(17)12(4-8)14(18)9-5-10(15)7-11(16)6-9/h2-7,14,18H,1H3. The van der Waals surface area contributed by atoms with E-state index >= 15 is 0 Å². The van der Waals surface area contributed by atoms with E-state index in [0.29, 0.717) is 15.6 Å². The topological polar surface area (TPSA) is 20.2 Å². The van der Waals surface area contributed by atoms with Crippen molar-refractivity contribution in [3.63, 3.8) is 0 Å². The molecule has 2 aromatic rings. The molecule has 0 saturated heterocycles. The first-order valence-electron chi connectivity index (χ1n) is 5.37. The summed E-state index contributed by atoms with van der Waals surface area (Å²) in [6.07, 6.45) is -1.08. The van der Waals surface area contributed by atoms with Crippen molar-refractivity contribution in [1.29, 1.82) is 0 Å². The van der Waals surface area contributed by atoms with Crippen molar-refractivity contribution in [3.8, 4) is 0 Å². The molecule has 0 aliphatic carbocycles. The van der Waals surface area contributed by atoms with E-state index in [2.05, 4.69) is 0 Å². The van der Waals surface area contributed by atoms with E-state index < -0.39 is 11.9 Å². The number of hydrogen-bond donors (Lipinski definition) is 1. The molecular formula is C14H11Cl2FO. The van der Waals surface area contributed by atoms with E-state index in [4.69, 9.17) is 23.2 Å². The molecule has 18 heavy (non-hydrogen) atoms. The number of aliphatic hydroxyl groups is 1. The maximum Gasteiger partial charge on any atom is 0.129 e. The summed E-state index contributed by atoms with van der Waals surface area (Å²) in [5, 5.41) is 11.0. The molecule has 1 atom stereocenters. The zero-order valence-corrected chi connectivity index (χ0v) is 11.1.